The van der Waals surface area contributed by atoms with Gasteiger partial charge in [-0.1, -0.05) is 5.16 Å². The third-order valence-corrected chi connectivity index (χ3v) is 7.45. The van der Waals surface area contributed by atoms with Crippen LogP contribution in [-0.4, -0.2) is 93.5 Å². The molecule has 9 nitrogen and oxygen atoms in total. The van der Waals surface area contributed by atoms with E-state index in [2.05, 4.69) is 32.3 Å². The van der Waals surface area contributed by atoms with Crippen molar-refractivity contribution in [2.75, 3.05) is 59.9 Å². The predicted octanol–water partition coefficient (Wildman–Crippen LogP) is 0.429. The molecule has 0 saturated carbocycles. The molecule has 1 N–H and O–H groups in total. The second kappa shape index (κ2) is 9.71. The average molecular weight is 413 g/mol. The number of piperazine rings is 1. The van der Waals surface area contributed by atoms with E-state index in [9.17, 15) is 8.42 Å². The Labute approximate surface area is 167 Å². The summed E-state index contributed by atoms with van der Waals surface area (Å²) in [5.41, 5.74) is 0.439. The number of nitrogens with zero attached hydrogens (tertiary/aromatic N) is 5. The summed E-state index contributed by atoms with van der Waals surface area (Å²) in [5, 5.41) is 7.17. The first kappa shape index (κ1) is 21.1. The largest absolute Gasteiger partial charge is 0.364 e. The molecule has 1 aromatic rings. The third-order valence-electron chi connectivity index (χ3n) is 5.64. The Morgan fingerprint density at radius 3 is 2.57 bits per heavy atom. The van der Waals surface area contributed by atoms with Crippen molar-refractivity contribution in [3.8, 4) is 0 Å². The maximum Gasteiger partial charge on any atom is 0.220 e. The summed E-state index contributed by atoms with van der Waals surface area (Å²) in [6, 6.07) is 1.59. The lowest BCUT2D eigenvalue weighted by Gasteiger charge is -2.36. The van der Waals surface area contributed by atoms with Gasteiger partial charge in [0.1, 0.15) is 12.0 Å². The summed E-state index contributed by atoms with van der Waals surface area (Å²) in [4.78, 5) is 8.91. The van der Waals surface area contributed by atoms with E-state index < -0.39 is 10.0 Å². The Balaban J connectivity index is 1.42. The van der Waals surface area contributed by atoms with Gasteiger partial charge in [-0.25, -0.2) is 8.42 Å². The summed E-state index contributed by atoms with van der Waals surface area (Å²) in [7, 11) is 0.588. The topological polar surface area (TPSA) is 94.3 Å². The van der Waals surface area contributed by atoms with Crippen LogP contribution in [0.2, 0.25) is 0 Å². The van der Waals surface area contributed by atoms with Crippen LogP contribution in [0, 0.1) is 5.92 Å². The molecule has 3 rings (SSSR count). The Kier molecular flexibility index (Phi) is 7.30. The summed E-state index contributed by atoms with van der Waals surface area (Å²) < 4.78 is 31.4. The van der Waals surface area contributed by atoms with E-state index in [-0.39, 0.29) is 5.75 Å². The molecule has 1 aromatic heterocycles. The van der Waals surface area contributed by atoms with Crippen molar-refractivity contribution in [2.45, 2.75) is 25.0 Å². The molecule has 28 heavy (non-hydrogen) atoms. The van der Waals surface area contributed by atoms with Gasteiger partial charge in [0.2, 0.25) is 10.0 Å². The molecule has 2 saturated heterocycles. The lowest BCUT2D eigenvalue weighted by Crippen LogP contribution is -2.54. The van der Waals surface area contributed by atoms with E-state index in [4.69, 9.17) is 4.52 Å². The molecule has 0 aliphatic carbocycles. The molecule has 2 aliphatic heterocycles. The third kappa shape index (κ3) is 5.68. The molecule has 0 atom stereocenters. The lowest BCUT2D eigenvalue weighted by molar-refractivity contribution is 0.212. The quantitative estimate of drug-likeness (QED) is 0.535. The van der Waals surface area contributed by atoms with Crippen molar-refractivity contribution in [3.63, 3.8) is 0 Å². The van der Waals surface area contributed by atoms with Crippen LogP contribution < -0.4 is 5.32 Å². The monoisotopic (exact) mass is 412 g/mol. The number of nitrogens with one attached hydrogen (secondary N) is 1. The highest BCUT2D eigenvalue weighted by atomic mass is 32.2. The summed E-state index contributed by atoms with van der Waals surface area (Å²) in [6.45, 7) is 5.45. The van der Waals surface area contributed by atoms with E-state index in [1.54, 1.807) is 13.1 Å². The number of piperidine rings is 1. The van der Waals surface area contributed by atoms with Crippen molar-refractivity contribution < 1.29 is 12.9 Å². The minimum absolute atomic E-state index is 0.118. The second-order valence-electron chi connectivity index (χ2n) is 7.64. The van der Waals surface area contributed by atoms with Crippen LogP contribution in [0.25, 0.3) is 0 Å². The first-order valence-electron chi connectivity index (χ1n) is 9.99. The van der Waals surface area contributed by atoms with Gasteiger partial charge in [-0.05, 0) is 45.3 Å². The van der Waals surface area contributed by atoms with Gasteiger partial charge in [0.05, 0.1) is 5.69 Å². The minimum atomic E-state index is -3.38. The molecule has 0 radical (unpaired) electrons. The summed E-state index contributed by atoms with van der Waals surface area (Å²) in [6.07, 6.45) is 5.07. The van der Waals surface area contributed by atoms with Crippen LogP contribution in [0.4, 0.5) is 0 Å². The van der Waals surface area contributed by atoms with Gasteiger partial charge in [-0.15, -0.1) is 0 Å². The van der Waals surface area contributed by atoms with E-state index in [0.717, 1.165) is 24.8 Å². The number of likely N-dealkylation sites (tertiary alicyclic amines) is 1. The Morgan fingerprint density at radius 2 is 1.96 bits per heavy atom. The Bertz CT molecular complexity index is 721. The summed E-state index contributed by atoms with van der Waals surface area (Å²) in [5.74, 6) is 1.52. The van der Waals surface area contributed by atoms with E-state index in [1.165, 1.54) is 36.5 Å². The SMILES string of the molecule is CN=C(NCCC1CCN(C)CC1)N1CCN(S(=O)(=O)Cc2ccon2)CC1. The molecule has 0 amide bonds. The molecule has 10 heteroatoms. The van der Waals surface area contributed by atoms with Crippen molar-refractivity contribution >= 4 is 16.0 Å². The van der Waals surface area contributed by atoms with Crippen molar-refractivity contribution in [3.05, 3.63) is 18.0 Å². The molecule has 2 fully saturated rings. The smallest absolute Gasteiger partial charge is 0.220 e. The molecule has 3 heterocycles. The van der Waals surface area contributed by atoms with Gasteiger partial charge < -0.3 is 19.6 Å². The predicted molar refractivity (Wildman–Crippen MR) is 108 cm³/mol. The van der Waals surface area contributed by atoms with Crippen LogP contribution in [0.3, 0.4) is 0 Å². The number of guanidine groups is 1. The van der Waals surface area contributed by atoms with Gasteiger partial charge in [0.15, 0.2) is 5.96 Å². The van der Waals surface area contributed by atoms with Crippen LogP contribution in [0.1, 0.15) is 25.0 Å². The number of sulfonamides is 1. The Morgan fingerprint density at radius 1 is 1.25 bits per heavy atom. The number of hydrogen-bond acceptors (Lipinski definition) is 6. The fraction of sp³-hybridized carbons (Fsp3) is 0.778. The molecular weight excluding hydrogens is 380 g/mol. The van der Waals surface area contributed by atoms with Gasteiger partial charge in [0.25, 0.3) is 0 Å². The number of aliphatic imine (C=N–C) groups is 1. The van der Waals surface area contributed by atoms with Crippen molar-refractivity contribution in [1.82, 2.24) is 24.6 Å². The zero-order chi connectivity index (χ0) is 20.0. The number of hydrogen-bond donors (Lipinski definition) is 1. The highest BCUT2D eigenvalue weighted by Gasteiger charge is 2.29. The van der Waals surface area contributed by atoms with Gasteiger partial charge in [-0.2, -0.15) is 4.31 Å². The van der Waals surface area contributed by atoms with E-state index in [0.29, 0.717) is 31.9 Å². The molecule has 0 spiro atoms. The minimum Gasteiger partial charge on any atom is -0.364 e. The molecule has 0 unspecified atom stereocenters. The molecule has 158 valence electrons. The van der Waals surface area contributed by atoms with Gasteiger partial charge >= 0.3 is 0 Å². The lowest BCUT2D eigenvalue weighted by atomic mass is 9.94. The van der Waals surface area contributed by atoms with Crippen molar-refractivity contribution in [1.29, 1.82) is 0 Å². The standard InChI is InChI=1S/C18H32N6O3S/c1-19-18(20-7-3-16-4-8-22(2)9-5-16)23-10-12-24(13-11-23)28(25,26)15-17-6-14-27-21-17/h6,14,16H,3-5,7-13,15H2,1-2H3,(H,19,20). The zero-order valence-corrected chi connectivity index (χ0v) is 17.7. The molecule has 2 aliphatic rings. The first-order chi connectivity index (χ1) is 13.5. The second-order valence-corrected chi connectivity index (χ2v) is 9.61. The van der Waals surface area contributed by atoms with Crippen LogP contribution >= 0.6 is 0 Å². The number of rotatable bonds is 6. The highest BCUT2D eigenvalue weighted by Crippen LogP contribution is 2.19. The highest BCUT2D eigenvalue weighted by molar-refractivity contribution is 7.88. The van der Waals surface area contributed by atoms with Crippen LogP contribution in [0.5, 0.6) is 0 Å². The van der Waals surface area contributed by atoms with Crippen LogP contribution in [-0.2, 0) is 15.8 Å². The van der Waals surface area contributed by atoms with Gasteiger partial charge in [0, 0.05) is 45.8 Å². The summed E-state index contributed by atoms with van der Waals surface area (Å²) >= 11 is 0. The Hall–Kier alpha value is -1.65. The van der Waals surface area contributed by atoms with Gasteiger partial charge in [-0.3, -0.25) is 4.99 Å². The first-order valence-corrected chi connectivity index (χ1v) is 11.6. The molecule has 0 bridgehead atoms. The van der Waals surface area contributed by atoms with Crippen molar-refractivity contribution in [2.24, 2.45) is 10.9 Å². The van der Waals surface area contributed by atoms with E-state index >= 15 is 0 Å². The van der Waals surface area contributed by atoms with Crippen LogP contribution in [0.15, 0.2) is 21.8 Å². The number of aromatic nitrogens is 1. The maximum absolute atomic E-state index is 12.5. The fourth-order valence-corrected chi connectivity index (χ4v) is 5.26. The maximum atomic E-state index is 12.5. The molecule has 0 aromatic carbocycles. The van der Waals surface area contributed by atoms with E-state index in [1.807, 2.05) is 0 Å². The fourth-order valence-electron chi connectivity index (χ4n) is 3.84. The normalized spacial score (nSPS) is 21.2. The average Bonchev–Trinajstić information content (AvgIpc) is 3.19. The molecular formula is C18H32N6O3S. The zero-order valence-electron chi connectivity index (χ0n) is 16.9.